The van der Waals surface area contributed by atoms with Crippen LogP contribution in [0.5, 0.6) is 5.75 Å². The summed E-state index contributed by atoms with van der Waals surface area (Å²) in [5.74, 6) is 0.669. The summed E-state index contributed by atoms with van der Waals surface area (Å²) in [7, 11) is -2.88. The summed E-state index contributed by atoms with van der Waals surface area (Å²) in [6, 6.07) is 14.1. The van der Waals surface area contributed by atoms with Gasteiger partial charge in [-0.3, -0.25) is 0 Å². The Hall–Kier alpha value is -1.66. The Kier molecular flexibility index (Phi) is 4.80. The second-order valence-electron chi connectivity index (χ2n) is 4.51. The van der Waals surface area contributed by atoms with Crippen LogP contribution in [0.1, 0.15) is 5.56 Å². The molecule has 0 heterocycles. The number of rotatable bonds is 4. The van der Waals surface area contributed by atoms with Gasteiger partial charge in [0, 0.05) is 6.26 Å². The standard InChI is InChI=1S/C15H17NO3S2/c1-12-4-8-14(9-5-12)21(18,16-20(3)17)15-10-6-13(19-2)7-11-15/h4-11H,1-3H3. The maximum atomic E-state index is 13.3. The molecule has 0 amide bonds. The molecule has 0 spiro atoms. The van der Waals surface area contributed by atoms with E-state index in [4.69, 9.17) is 4.74 Å². The molecular formula is C15H17NO3S2. The molecule has 0 radical (unpaired) electrons. The lowest BCUT2D eigenvalue weighted by Crippen LogP contribution is -2.04. The van der Waals surface area contributed by atoms with E-state index < -0.39 is 20.7 Å². The largest absolute Gasteiger partial charge is 0.497 e. The topological polar surface area (TPSA) is 55.7 Å². The van der Waals surface area contributed by atoms with Crippen molar-refractivity contribution >= 4 is 20.7 Å². The quantitative estimate of drug-likeness (QED) is 0.868. The first kappa shape index (κ1) is 15.7. The molecule has 0 N–H and O–H groups in total. The van der Waals surface area contributed by atoms with Crippen molar-refractivity contribution < 1.29 is 13.2 Å². The Labute approximate surface area is 127 Å². The van der Waals surface area contributed by atoms with E-state index in [9.17, 15) is 8.42 Å². The van der Waals surface area contributed by atoms with Gasteiger partial charge < -0.3 is 4.74 Å². The Morgan fingerprint density at radius 2 is 1.48 bits per heavy atom. The predicted molar refractivity (Wildman–Crippen MR) is 85.3 cm³/mol. The lowest BCUT2D eigenvalue weighted by molar-refractivity contribution is 0.414. The van der Waals surface area contributed by atoms with E-state index >= 15 is 0 Å². The third-order valence-electron chi connectivity index (χ3n) is 2.93. The lowest BCUT2D eigenvalue weighted by Gasteiger charge is -2.11. The molecule has 2 atom stereocenters. The molecule has 6 heteroatoms. The molecule has 0 aliphatic heterocycles. The van der Waals surface area contributed by atoms with Crippen LogP contribution in [0.4, 0.5) is 0 Å². The molecule has 4 nitrogen and oxygen atoms in total. The van der Waals surface area contributed by atoms with Gasteiger partial charge in [-0.2, -0.15) is 0 Å². The summed E-state index contributed by atoms with van der Waals surface area (Å²) in [6.07, 6.45) is 1.41. The number of aryl methyl sites for hydroxylation is 1. The van der Waals surface area contributed by atoms with Gasteiger partial charge in [-0.05, 0) is 43.3 Å². The predicted octanol–water partition coefficient (Wildman–Crippen LogP) is 3.18. The molecule has 2 aromatic rings. The van der Waals surface area contributed by atoms with E-state index in [0.29, 0.717) is 15.5 Å². The van der Waals surface area contributed by atoms with Crippen LogP contribution in [0.2, 0.25) is 0 Å². The zero-order valence-corrected chi connectivity index (χ0v) is 13.7. The van der Waals surface area contributed by atoms with E-state index in [1.807, 2.05) is 19.1 Å². The minimum absolute atomic E-state index is 0.516. The van der Waals surface area contributed by atoms with Gasteiger partial charge in [0.15, 0.2) is 0 Å². The van der Waals surface area contributed by atoms with Gasteiger partial charge in [0.1, 0.15) is 26.5 Å². The number of hydrogen-bond donors (Lipinski definition) is 0. The summed E-state index contributed by atoms with van der Waals surface area (Å²) >= 11 is 0. The molecule has 0 aliphatic rings. The van der Waals surface area contributed by atoms with E-state index in [1.165, 1.54) is 6.26 Å². The molecule has 0 fully saturated rings. The average molecular weight is 323 g/mol. The second kappa shape index (κ2) is 6.41. The third-order valence-corrected chi connectivity index (χ3v) is 6.43. The van der Waals surface area contributed by atoms with Crippen LogP contribution in [-0.2, 0) is 20.7 Å². The van der Waals surface area contributed by atoms with Crippen LogP contribution in [0.15, 0.2) is 62.1 Å². The van der Waals surface area contributed by atoms with E-state index in [-0.39, 0.29) is 0 Å². The molecule has 112 valence electrons. The van der Waals surface area contributed by atoms with Gasteiger partial charge in [-0.25, -0.2) is 8.42 Å². The highest BCUT2D eigenvalue weighted by atomic mass is 32.3. The highest BCUT2D eigenvalue weighted by Crippen LogP contribution is 2.26. The van der Waals surface area contributed by atoms with E-state index in [2.05, 4.69) is 3.77 Å². The molecular weight excluding hydrogens is 306 g/mol. The molecule has 2 rings (SSSR count). The van der Waals surface area contributed by atoms with Crippen molar-refractivity contribution in [2.75, 3.05) is 13.4 Å². The maximum absolute atomic E-state index is 13.3. The number of nitrogens with zero attached hydrogens (tertiary/aromatic N) is 1. The van der Waals surface area contributed by atoms with Gasteiger partial charge in [0.05, 0.1) is 16.9 Å². The third kappa shape index (κ3) is 3.51. The van der Waals surface area contributed by atoms with E-state index in [1.54, 1.807) is 43.5 Å². The smallest absolute Gasteiger partial charge is 0.145 e. The minimum Gasteiger partial charge on any atom is -0.497 e. The summed E-state index contributed by atoms with van der Waals surface area (Å²) in [6.45, 7) is 1.95. The van der Waals surface area contributed by atoms with Gasteiger partial charge in [-0.15, -0.1) is 3.77 Å². The number of ether oxygens (including phenoxy) is 1. The number of hydrogen-bond acceptors (Lipinski definition) is 3. The maximum Gasteiger partial charge on any atom is 0.145 e. The van der Waals surface area contributed by atoms with Crippen LogP contribution in [0, 0.1) is 6.92 Å². The molecule has 0 aromatic heterocycles. The first-order chi connectivity index (χ1) is 9.95. The first-order valence-electron chi connectivity index (χ1n) is 6.27. The molecule has 2 aromatic carbocycles. The van der Waals surface area contributed by atoms with Crippen molar-refractivity contribution in [3.63, 3.8) is 0 Å². The molecule has 21 heavy (non-hydrogen) atoms. The molecule has 0 saturated carbocycles. The minimum atomic E-state index is -2.92. The van der Waals surface area contributed by atoms with Gasteiger partial charge in [-0.1, -0.05) is 17.7 Å². The Morgan fingerprint density at radius 1 is 1.00 bits per heavy atom. The molecule has 0 saturated heterocycles. The van der Waals surface area contributed by atoms with Crippen LogP contribution in [0.25, 0.3) is 0 Å². The monoisotopic (exact) mass is 323 g/mol. The Balaban J connectivity index is 2.64. The summed E-state index contributed by atoms with van der Waals surface area (Å²) < 4.78 is 33.9. The molecule has 0 aliphatic carbocycles. The van der Waals surface area contributed by atoms with Crippen molar-refractivity contribution in [2.45, 2.75) is 16.7 Å². The van der Waals surface area contributed by atoms with Gasteiger partial charge in [0.25, 0.3) is 0 Å². The zero-order valence-electron chi connectivity index (χ0n) is 12.1. The Bertz CT molecular complexity index is 759. The highest BCUT2D eigenvalue weighted by molar-refractivity contribution is 8.00. The van der Waals surface area contributed by atoms with Crippen LogP contribution >= 0.6 is 0 Å². The molecule has 2 unspecified atom stereocenters. The van der Waals surface area contributed by atoms with Crippen molar-refractivity contribution in [1.82, 2.24) is 0 Å². The number of benzene rings is 2. The zero-order chi connectivity index (χ0) is 15.5. The summed E-state index contributed by atoms with van der Waals surface area (Å²) in [5, 5.41) is 0. The van der Waals surface area contributed by atoms with Crippen LogP contribution in [-0.4, -0.2) is 21.8 Å². The normalized spacial score (nSPS) is 15.0. The second-order valence-corrected chi connectivity index (χ2v) is 7.95. The van der Waals surface area contributed by atoms with Crippen molar-refractivity contribution in [1.29, 1.82) is 0 Å². The van der Waals surface area contributed by atoms with Crippen LogP contribution in [0.3, 0.4) is 0 Å². The summed E-state index contributed by atoms with van der Waals surface area (Å²) in [4.78, 5) is 1.07. The highest BCUT2D eigenvalue weighted by Gasteiger charge is 2.17. The first-order valence-corrected chi connectivity index (χ1v) is 9.30. The molecule has 0 bridgehead atoms. The van der Waals surface area contributed by atoms with Crippen LogP contribution < -0.4 is 4.74 Å². The fraction of sp³-hybridized carbons (Fsp3) is 0.200. The van der Waals surface area contributed by atoms with Crippen molar-refractivity contribution in [3.8, 4) is 5.75 Å². The lowest BCUT2D eigenvalue weighted by atomic mass is 10.2. The van der Waals surface area contributed by atoms with Gasteiger partial charge >= 0.3 is 0 Å². The average Bonchev–Trinajstić information content (AvgIpc) is 2.47. The van der Waals surface area contributed by atoms with Crippen molar-refractivity contribution in [3.05, 3.63) is 54.1 Å². The van der Waals surface area contributed by atoms with Gasteiger partial charge in [0.2, 0.25) is 0 Å². The fourth-order valence-corrected chi connectivity index (χ4v) is 5.01. The van der Waals surface area contributed by atoms with Crippen molar-refractivity contribution in [2.24, 2.45) is 3.77 Å². The summed E-state index contributed by atoms with van der Waals surface area (Å²) in [5.41, 5.74) is 1.06. The fourth-order valence-electron chi connectivity index (χ4n) is 1.85. The van der Waals surface area contributed by atoms with E-state index in [0.717, 1.165) is 5.56 Å². The number of methoxy groups -OCH3 is 1. The Morgan fingerprint density at radius 3 is 1.90 bits per heavy atom. The SMILES string of the molecule is COc1ccc(S(=O)(=NS(C)=O)c2ccc(C)cc2)cc1.